The van der Waals surface area contributed by atoms with E-state index < -0.39 is 0 Å². The molecular weight excluding hydrogens is 188 g/mol. The number of carbonyl (C=O) groups is 1. The molecule has 0 spiro atoms. The Morgan fingerprint density at radius 1 is 1.40 bits per heavy atom. The number of carbonyl (C=O) groups excluding carboxylic acids is 1. The quantitative estimate of drug-likeness (QED) is 0.515. The minimum Gasteiger partial charge on any atom is -0.462 e. The lowest BCUT2D eigenvalue weighted by Crippen LogP contribution is -2.35. The number of allylic oxidation sites excluding steroid dienone is 2. The average Bonchev–Trinajstić information content (AvgIpc) is 2.11. The van der Waals surface area contributed by atoms with Gasteiger partial charge < -0.3 is 4.74 Å². The van der Waals surface area contributed by atoms with E-state index in [-0.39, 0.29) is 17.5 Å². The number of rotatable bonds is 2. The normalized spacial score (nSPS) is 28.9. The SMILES string of the molecule is CC(=O)O[C@H](C)[C@@]1(C)CCC(C)=C(C)C1. The van der Waals surface area contributed by atoms with Gasteiger partial charge in [0.15, 0.2) is 0 Å². The van der Waals surface area contributed by atoms with Gasteiger partial charge in [-0.1, -0.05) is 18.1 Å². The Labute approximate surface area is 92.7 Å². The molecule has 15 heavy (non-hydrogen) atoms. The monoisotopic (exact) mass is 210 g/mol. The second-order valence-electron chi connectivity index (χ2n) is 5.14. The van der Waals surface area contributed by atoms with Crippen LogP contribution in [-0.2, 0) is 9.53 Å². The molecule has 0 bridgehead atoms. The summed E-state index contributed by atoms with van der Waals surface area (Å²) in [5.41, 5.74) is 3.08. The molecule has 2 atom stereocenters. The fraction of sp³-hybridized carbons (Fsp3) is 0.769. The molecule has 2 nitrogen and oxygen atoms in total. The zero-order chi connectivity index (χ0) is 11.6. The summed E-state index contributed by atoms with van der Waals surface area (Å²) in [4.78, 5) is 11.0. The van der Waals surface area contributed by atoms with E-state index in [1.807, 2.05) is 6.92 Å². The highest BCUT2D eigenvalue weighted by Crippen LogP contribution is 2.42. The third-order valence-corrected chi connectivity index (χ3v) is 3.79. The van der Waals surface area contributed by atoms with Gasteiger partial charge in [-0.3, -0.25) is 4.79 Å². The summed E-state index contributed by atoms with van der Waals surface area (Å²) < 4.78 is 5.31. The molecule has 0 saturated heterocycles. The molecule has 1 aliphatic rings. The highest BCUT2D eigenvalue weighted by molar-refractivity contribution is 5.66. The van der Waals surface area contributed by atoms with Crippen molar-refractivity contribution in [2.75, 3.05) is 0 Å². The lowest BCUT2D eigenvalue weighted by Gasteiger charge is -2.39. The van der Waals surface area contributed by atoms with Crippen molar-refractivity contribution in [3.05, 3.63) is 11.1 Å². The first-order valence-electron chi connectivity index (χ1n) is 5.67. The van der Waals surface area contributed by atoms with Crippen LogP contribution in [0.1, 0.15) is 53.9 Å². The number of ether oxygens (including phenoxy) is 1. The van der Waals surface area contributed by atoms with Crippen molar-refractivity contribution >= 4 is 5.97 Å². The second-order valence-corrected chi connectivity index (χ2v) is 5.14. The molecule has 1 rings (SSSR count). The lowest BCUT2D eigenvalue weighted by molar-refractivity contribution is -0.152. The van der Waals surface area contributed by atoms with Crippen molar-refractivity contribution in [1.29, 1.82) is 0 Å². The van der Waals surface area contributed by atoms with Crippen molar-refractivity contribution in [2.45, 2.75) is 60.0 Å². The largest absolute Gasteiger partial charge is 0.462 e. The van der Waals surface area contributed by atoms with Crippen LogP contribution in [-0.4, -0.2) is 12.1 Å². The fourth-order valence-electron chi connectivity index (χ4n) is 2.27. The Bertz CT molecular complexity index is 291. The first-order chi connectivity index (χ1) is 6.85. The van der Waals surface area contributed by atoms with Gasteiger partial charge in [0.2, 0.25) is 0 Å². The van der Waals surface area contributed by atoms with Crippen molar-refractivity contribution in [3.63, 3.8) is 0 Å². The van der Waals surface area contributed by atoms with Gasteiger partial charge in [-0.15, -0.1) is 0 Å². The van der Waals surface area contributed by atoms with Crippen molar-refractivity contribution < 1.29 is 9.53 Å². The molecule has 0 unspecified atom stereocenters. The van der Waals surface area contributed by atoms with Crippen LogP contribution in [0.2, 0.25) is 0 Å². The molecule has 0 amide bonds. The third kappa shape index (κ3) is 2.83. The zero-order valence-corrected chi connectivity index (χ0v) is 10.5. The van der Waals surface area contributed by atoms with Crippen molar-refractivity contribution in [3.8, 4) is 0 Å². The Kier molecular flexibility index (Phi) is 3.58. The van der Waals surface area contributed by atoms with Crippen LogP contribution in [0.25, 0.3) is 0 Å². The molecule has 0 heterocycles. The smallest absolute Gasteiger partial charge is 0.302 e. The van der Waals surface area contributed by atoms with Gasteiger partial charge in [-0.25, -0.2) is 0 Å². The van der Waals surface area contributed by atoms with E-state index in [0.717, 1.165) is 19.3 Å². The van der Waals surface area contributed by atoms with E-state index in [2.05, 4.69) is 20.8 Å². The fourth-order valence-corrected chi connectivity index (χ4v) is 2.27. The third-order valence-electron chi connectivity index (χ3n) is 3.79. The van der Waals surface area contributed by atoms with Crippen LogP contribution >= 0.6 is 0 Å². The average molecular weight is 210 g/mol. The summed E-state index contributed by atoms with van der Waals surface area (Å²) in [6.07, 6.45) is 3.31. The minimum absolute atomic E-state index is 0.0121. The van der Waals surface area contributed by atoms with Gasteiger partial charge in [0.1, 0.15) is 6.10 Å². The van der Waals surface area contributed by atoms with E-state index in [1.54, 1.807) is 0 Å². The van der Waals surface area contributed by atoms with Crippen LogP contribution in [0, 0.1) is 5.41 Å². The summed E-state index contributed by atoms with van der Waals surface area (Å²) in [7, 11) is 0. The number of hydrogen-bond acceptors (Lipinski definition) is 2. The predicted octanol–water partition coefficient (Wildman–Crippen LogP) is 3.46. The van der Waals surface area contributed by atoms with Crippen LogP contribution in [0.4, 0.5) is 0 Å². The van der Waals surface area contributed by atoms with Crippen LogP contribution in [0.15, 0.2) is 11.1 Å². The molecule has 1 aliphatic carbocycles. The molecule has 86 valence electrons. The van der Waals surface area contributed by atoms with Gasteiger partial charge in [0, 0.05) is 12.3 Å². The first kappa shape index (κ1) is 12.3. The molecule has 0 aromatic carbocycles. The maximum absolute atomic E-state index is 11.0. The van der Waals surface area contributed by atoms with Gasteiger partial charge in [0.25, 0.3) is 0 Å². The molecule has 0 fully saturated rings. The Morgan fingerprint density at radius 3 is 2.47 bits per heavy atom. The maximum atomic E-state index is 11.0. The highest BCUT2D eigenvalue weighted by atomic mass is 16.5. The summed E-state index contributed by atoms with van der Waals surface area (Å²) in [6.45, 7) is 10.1. The van der Waals surface area contributed by atoms with Crippen molar-refractivity contribution in [1.82, 2.24) is 0 Å². The Morgan fingerprint density at radius 2 is 2.00 bits per heavy atom. The molecule has 0 N–H and O–H groups in total. The number of esters is 1. The number of hydrogen-bond donors (Lipinski definition) is 0. The molecule has 0 aromatic rings. The van der Waals surface area contributed by atoms with Crippen LogP contribution in [0.3, 0.4) is 0 Å². The van der Waals surface area contributed by atoms with E-state index >= 15 is 0 Å². The lowest BCUT2D eigenvalue weighted by atomic mass is 9.70. The van der Waals surface area contributed by atoms with E-state index in [9.17, 15) is 4.79 Å². The second kappa shape index (κ2) is 4.38. The van der Waals surface area contributed by atoms with Gasteiger partial charge >= 0.3 is 5.97 Å². The van der Waals surface area contributed by atoms with Gasteiger partial charge in [-0.05, 0) is 40.0 Å². The van der Waals surface area contributed by atoms with Gasteiger partial charge in [-0.2, -0.15) is 0 Å². The predicted molar refractivity (Wildman–Crippen MR) is 61.6 cm³/mol. The maximum Gasteiger partial charge on any atom is 0.302 e. The molecule has 0 saturated carbocycles. The summed E-state index contributed by atoms with van der Waals surface area (Å²) in [6, 6.07) is 0. The Balaban J connectivity index is 2.73. The van der Waals surface area contributed by atoms with E-state index in [0.29, 0.717) is 0 Å². The highest BCUT2D eigenvalue weighted by Gasteiger charge is 2.35. The Hall–Kier alpha value is -0.790. The molecule has 0 aliphatic heterocycles. The van der Waals surface area contributed by atoms with E-state index in [4.69, 9.17) is 4.74 Å². The summed E-state index contributed by atoms with van der Waals surface area (Å²) in [5.74, 6) is -0.173. The van der Waals surface area contributed by atoms with Crippen LogP contribution in [0.5, 0.6) is 0 Å². The minimum atomic E-state index is -0.173. The first-order valence-corrected chi connectivity index (χ1v) is 5.67. The van der Waals surface area contributed by atoms with E-state index in [1.165, 1.54) is 18.1 Å². The molecule has 0 radical (unpaired) electrons. The molecule has 2 heteroatoms. The summed E-state index contributed by atoms with van der Waals surface area (Å²) >= 11 is 0. The molecular formula is C13H22O2. The summed E-state index contributed by atoms with van der Waals surface area (Å²) in [5, 5.41) is 0. The van der Waals surface area contributed by atoms with Gasteiger partial charge in [0.05, 0.1) is 0 Å². The van der Waals surface area contributed by atoms with Crippen molar-refractivity contribution in [2.24, 2.45) is 5.41 Å². The topological polar surface area (TPSA) is 26.3 Å². The van der Waals surface area contributed by atoms with Crippen LogP contribution < -0.4 is 0 Å². The standard InChI is InChI=1S/C13H22O2/c1-9-6-7-13(5,8-10(9)2)11(3)15-12(4)14/h11H,6-8H2,1-5H3/t11-,13+/m1/s1. The molecule has 0 aromatic heterocycles. The zero-order valence-electron chi connectivity index (χ0n) is 10.5.